The van der Waals surface area contributed by atoms with Crippen molar-refractivity contribution < 1.29 is 9.53 Å². The highest BCUT2D eigenvalue weighted by Crippen LogP contribution is 2.21. The van der Waals surface area contributed by atoms with Gasteiger partial charge in [0.1, 0.15) is 11.4 Å². The number of aromatic nitrogens is 3. The van der Waals surface area contributed by atoms with Crippen LogP contribution >= 0.6 is 0 Å². The summed E-state index contributed by atoms with van der Waals surface area (Å²) in [6.07, 6.45) is 3.08. The molecular weight excluding hydrogens is 254 g/mol. The Labute approximate surface area is 115 Å². The minimum atomic E-state index is -0.159. The standard InChI is InChI=1S/C15H13N3O2/c1-18-13-6-4-3-5-12(13)14(17-18)15(19)10-7-11(20-2)9-16-8-10/h3-9H,1-2H3. The predicted molar refractivity (Wildman–Crippen MR) is 74.9 cm³/mol. The Bertz CT molecular complexity index is 793. The molecule has 5 nitrogen and oxygen atoms in total. The van der Waals surface area contributed by atoms with Crippen molar-refractivity contribution >= 4 is 16.7 Å². The van der Waals surface area contributed by atoms with Crippen molar-refractivity contribution in [1.82, 2.24) is 14.8 Å². The van der Waals surface area contributed by atoms with E-state index in [0.717, 1.165) is 10.9 Å². The number of carbonyl (C=O) groups excluding carboxylic acids is 1. The van der Waals surface area contributed by atoms with Crippen molar-refractivity contribution in [2.45, 2.75) is 0 Å². The maximum atomic E-state index is 12.6. The number of hydrogen-bond acceptors (Lipinski definition) is 4. The summed E-state index contributed by atoms with van der Waals surface area (Å²) in [6.45, 7) is 0. The number of nitrogens with zero attached hydrogens (tertiary/aromatic N) is 3. The third kappa shape index (κ3) is 1.93. The summed E-state index contributed by atoms with van der Waals surface area (Å²) < 4.78 is 6.80. The van der Waals surface area contributed by atoms with Gasteiger partial charge in [-0.1, -0.05) is 18.2 Å². The molecule has 0 unspecified atom stereocenters. The van der Waals surface area contributed by atoms with Crippen LogP contribution in [-0.2, 0) is 7.05 Å². The number of aryl methyl sites for hydroxylation is 1. The first kappa shape index (κ1) is 12.3. The molecule has 0 aliphatic rings. The number of hydrogen-bond donors (Lipinski definition) is 0. The first-order valence-electron chi connectivity index (χ1n) is 6.16. The van der Waals surface area contributed by atoms with Crippen LogP contribution in [0.5, 0.6) is 5.75 Å². The normalized spacial score (nSPS) is 10.7. The van der Waals surface area contributed by atoms with Crippen molar-refractivity contribution in [3.63, 3.8) is 0 Å². The Morgan fingerprint density at radius 2 is 2.05 bits per heavy atom. The highest BCUT2D eigenvalue weighted by Gasteiger charge is 2.18. The molecule has 0 aliphatic carbocycles. The molecule has 1 aromatic carbocycles. The van der Waals surface area contributed by atoms with Gasteiger partial charge in [-0.05, 0) is 12.1 Å². The minimum Gasteiger partial charge on any atom is -0.495 e. The summed E-state index contributed by atoms with van der Waals surface area (Å²) in [5.41, 5.74) is 1.82. The van der Waals surface area contributed by atoms with E-state index in [-0.39, 0.29) is 5.78 Å². The SMILES string of the molecule is COc1cncc(C(=O)c2nn(C)c3ccccc23)c1. The molecule has 0 spiro atoms. The number of rotatable bonds is 3. The fourth-order valence-corrected chi connectivity index (χ4v) is 2.17. The van der Waals surface area contributed by atoms with E-state index in [9.17, 15) is 4.79 Å². The third-order valence-electron chi connectivity index (χ3n) is 3.18. The van der Waals surface area contributed by atoms with Gasteiger partial charge >= 0.3 is 0 Å². The zero-order valence-electron chi connectivity index (χ0n) is 11.2. The van der Waals surface area contributed by atoms with Crippen molar-refractivity contribution in [3.8, 4) is 5.75 Å². The summed E-state index contributed by atoms with van der Waals surface area (Å²) in [4.78, 5) is 16.6. The number of ketones is 1. The van der Waals surface area contributed by atoms with Gasteiger partial charge in [0.15, 0.2) is 0 Å². The van der Waals surface area contributed by atoms with Crippen LogP contribution < -0.4 is 4.74 Å². The van der Waals surface area contributed by atoms with E-state index in [1.807, 2.05) is 31.3 Å². The molecular formula is C15H13N3O2. The topological polar surface area (TPSA) is 57.0 Å². The largest absolute Gasteiger partial charge is 0.495 e. The third-order valence-corrected chi connectivity index (χ3v) is 3.18. The molecule has 0 fully saturated rings. The molecule has 3 aromatic rings. The lowest BCUT2D eigenvalue weighted by atomic mass is 10.1. The molecule has 0 bridgehead atoms. The average Bonchev–Trinajstić information content (AvgIpc) is 2.84. The molecule has 0 saturated carbocycles. The number of ether oxygens (including phenoxy) is 1. The summed E-state index contributed by atoms with van der Waals surface area (Å²) in [5, 5.41) is 5.16. The Balaban J connectivity index is 2.13. The van der Waals surface area contributed by atoms with Gasteiger partial charge < -0.3 is 4.74 Å². The lowest BCUT2D eigenvalue weighted by Gasteiger charge is -2.01. The molecule has 3 rings (SSSR count). The van der Waals surface area contributed by atoms with Crippen LogP contribution in [0, 0.1) is 0 Å². The van der Waals surface area contributed by atoms with Crippen LogP contribution in [0.1, 0.15) is 16.1 Å². The summed E-state index contributed by atoms with van der Waals surface area (Å²) in [5.74, 6) is 0.393. The van der Waals surface area contributed by atoms with Gasteiger partial charge in [0, 0.05) is 24.2 Å². The number of carbonyl (C=O) groups is 1. The quantitative estimate of drug-likeness (QED) is 0.683. The molecule has 0 amide bonds. The van der Waals surface area contributed by atoms with Gasteiger partial charge in [-0.25, -0.2) is 0 Å². The average molecular weight is 267 g/mol. The van der Waals surface area contributed by atoms with Crippen LogP contribution in [0.25, 0.3) is 10.9 Å². The summed E-state index contributed by atoms with van der Waals surface area (Å²) in [6, 6.07) is 9.31. The van der Waals surface area contributed by atoms with E-state index in [0.29, 0.717) is 17.0 Å². The van der Waals surface area contributed by atoms with Gasteiger partial charge in [-0.3, -0.25) is 14.5 Å². The zero-order valence-corrected chi connectivity index (χ0v) is 11.2. The van der Waals surface area contributed by atoms with Gasteiger partial charge in [0.05, 0.1) is 18.8 Å². The first-order chi connectivity index (χ1) is 9.70. The van der Waals surface area contributed by atoms with E-state index in [4.69, 9.17) is 4.74 Å². The maximum absolute atomic E-state index is 12.6. The molecule has 2 aromatic heterocycles. The van der Waals surface area contributed by atoms with Crippen molar-refractivity contribution in [3.05, 3.63) is 54.0 Å². The Morgan fingerprint density at radius 3 is 2.85 bits per heavy atom. The molecule has 0 atom stereocenters. The van der Waals surface area contributed by atoms with E-state index < -0.39 is 0 Å². The van der Waals surface area contributed by atoms with E-state index in [1.165, 1.54) is 6.20 Å². The second-order valence-electron chi connectivity index (χ2n) is 4.43. The molecule has 0 saturated heterocycles. The van der Waals surface area contributed by atoms with Gasteiger partial charge in [0.2, 0.25) is 5.78 Å². The molecule has 0 radical (unpaired) electrons. The lowest BCUT2D eigenvalue weighted by molar-refractivity contribution is 0.103. The van der Waals surface area contributed by atoms with Crippen LogP contribution in [0.3, 0.4) is 0 Å². The fraction of sp³-hybridized carbons (Fsp3) is 0.133. The van der Waals surface area contributed by atoms with Crippen molar-refractivity contribution in [2.75, 3.05) is 7.11 Å². The van der Waals surface area contributed by atoms with Gasteiger partial charge in [0.25, 0.3) is 0 Å². The smallest absolute Gasteiger partial charge is 0.215 e. The van der Waals surface area contributed by atoms with Crippen molar-refractivity contribution in [2.24, 2.45) is 7.05 Å². The van der Waals surface area contributed by atoms with Gasteiger partial charge in [-0.15, -0.1) is 0 Å². The van der Waals surface area contributed by atoms with E-state index in [1.54, 1.807) is 24.1 Å². The number of benzene rings is 1. The number of para-hydroxylation sites is 1. The molecule has 2 heterocycles. The van der Waals surface area contributed by atoms with Crippen LogP contribution in [0.4, 0.5) is 0 Å². The summed E-state index contributed by atoms with van der Waals surface area (Å²) in [7, 11) is 3.37. The second-order valence-corrected chi connectivity index (χ2v) is 4.43. The Hall–Kier alpha value is -2.69. The van der Waals surface area contributed by atoms with Crippen LogP contribution in [0.2, 0.25) is 0 Å². The fourth-order valence-electron chi connectivity index (χ4n) is 2.17. The Morgan fingerprint density at radius 1 is 1.25 bits per heavy atom. The highest BCUT2D eigenvalue weighted by atomic mass is 16.5. The number of pyridine rings is 1. The Kier molecular flexibility index (Phi) is 2.95. The molecule has 20 heavy (non-hydrogen) atoms. The second kappa shape index (κ2) is 4.77. The first-order valence-corrected chi connectivity index (χ1v) is 6.16. The van der Waals surface area contributed by atoms with E-state index in [2.05, 4.69) is 10.1 Å². The predicted octanol–water partition coefficient (Wildman–Crippen LogP) is 2.21. The van der Waals surface area contributed by atoms with Crippen LogP contribution in [-0.4, -0.2) is 27.7 Å². The van der Waals surface area contributed by atoms with Crippen molar-refractivity contribution in [1.29, 1.82) is 0 Å². The van der Waals surface area contributed by atoms with Gasteiger partial charge in [-0.2, -0.15) is 5.10 Å². The molecule has 0 aliphatic heterocycles. The van der Waals surface area contributed by atoms with E-state index >= 15 is 0 Å². The molecule has 0 N–H and O–H groups in total. The minimum absolute atomic E-state index is 0.159. The number of fused-ring (bicyclic) bond motifs is 1. The number of methoxy groups -OCH3 is 1. The maximum Gasteiger partial charge on any atom is 0.215 e. The monoisotopic (exact) mass is 267 g/mol. The zero-order chi connectivity index (χ0) is 14.1. The molecule has 5 heteroatoms. The van der Waals surface area contributed by atoms with Crippen LogP contribution in [0.15, 0.2) is 42.7 Å². The molecule has 100 valence electrons. The highest BCUT2D eigenvalue weighted by molar-refractivity contribution is 6.14. The summed E-state index contributed by atoms with van der Waals surface area (Å²) >= 11 is 0. The lowest BCUT2D eigenvalue weighted by Crippen LogP contribution is -2.04.